The van der Waals surface area contributed by atoms with Gasteiger partial charge in [0.1, 0.15) is 6.61 Å². The standard InChI is InChI=1S/C13H19NO4/c15-9-7-12(16)6-8-14-13(17)18-10-11-4-2-1-3-5-11/h1-5,12,15-16H,6-10H2,(H,14,17)/t12-/m1/s1. The molecule has 0 saturated heterocycles. The van der Waals surface area contributed by atoms with Crippen molar-refractivity contribution in [1.82, 2.24) is 5.32 Å². The summed E-state index contributed by atoms with van der Waals surface area (Å²) in [5.74, 6) is 0. The van der Waals surface area contributed by atoms with Gasteiger partial charge < -0.3 is 20.3 Å². The fourth-order valence-electron chi connectivity index (χ4n) is 1.41. The molecule has 100 valence electrons. The summed E-state index contributed by atoms with van der Waals surface area (Å²) in [7, 11) is 0. The average molecular weight is 253 g/mol. The Morgan fingerprint density at radius 3 is 2.67 bits per heavy atom. The molecule has 18 heavy (non-hydrogen) atoms. The number of hydrogen-bond acceptors (Lipinski definition) is 4. The van der Waals surface area contributed by atoms with Gasteiger partial charge in [-0.3, -0.25) is 0 Å². The van der Waals surface area contributed by atoms with Crippen LogP contribution in [0.3, 0.4) is 0 Å². The molecule has 1 rings (SSSR count). The van der Waals surface area contributed by atoms with Crippen molar-refractivity contribution in [3.8, 4) is 0 Å². The Kier molecular flexibility index (Phi) is 6.83. The lowest BCUT2D eigenvalue weighted by Gasteiger charge is -2.10. The van der Waals surface area contributed by atoms with Gasteiger partial charge in [0.25, 0.3) is 0 Å². The van der Waals surface area contributed by atoms with Crippen molar-refractivity contribution in [3.05, 3.63) is 35.9 Å². The molecule has 1 amide bonds. The highest BCUT2D eigenvalue weighted by Gasteiger charge is 2.05. The molecule has 0 radical (unpaired) electrons. The molecule has 0 aliphatic carbocycles. The molecule has 0 aromatic heterocycles. The Morgan fingerprint density at radius 2 is 2.00 bits per heavy atom. The Bertz CT molecular complexity index is 342. The summed E-state index contributed by atoms with van der Waals surface area (Å²) in [5, 5.41) is 20.4. The van der Waals surface area contributed by atoms with E-state index < -0.39 is 12.2 Å². The van der Waals surface area contributed by atoms with Crippen molar-refractivity contribution in [3.63, 3.8) is 0 Å². The van der Waals surface area contributed by atoms with E-state index in [2.05, 4.69) is 5.32 Å². The maximum Gasteiger partial charge on any atom is 0.407 e. The zero-order valence-corrected chi connectivity index (χ0v) is 10.2. The largest absolute Gasteiger partial charge is 0.445 e. The zero-order chi connectivity index (χ0) is 13.2. The van der Waals surface area contributed by atoms with Crippen LogP contribution in [0.15, 0.2) is 30.3 Å². The molecule has 0 aliphatic heterocycles. The molecule has 0 unspecified atom stereocenters. The van der Waals surface area contributed by atoms with Crippen LogP contribution in [-0.4, -0.2) is 35.6 Å². The van der Waals surface area contributed by atoms with E-state index in [0.717, 1.165) is 5.56 Å². The third-order valence-electron chi connectivity index (χ3n) is 2.42. The van der Waals surface area contributed by atoms with Gasteiger partial charge in [-0.15, -0.1) is 0 Å². The normalized spacial score (nSPS) is 11.9. The van der Waals surface area contributed by atoms with Gasteiger partial charge in [-0.05, 0) is 18.4 Å². The second-order valence-corrected chi connectivity index (χ2v) is 3.94. The third kappa shape index (κ3) is 6.22. The van der Waals surface area contributed by atoms with Crippen LogP contribution in [0.5, 0.6) is 0 Å². The molecule has 0 saturated carbocycles. The van der Waals surface area contributed by atoms with Crippen molar-refractivity contribution >= 4 is 6.09 Å². The second-order valence-electron chi connectivity index (χ2n) is 3.94. The van der Waals surface area contributed by atoms with Crippen molar-refractivity contribution in [2.24, 2.45) is 0 Å². The highest BCUT2D eigenvalue weighted by molar-refractivity contribution is 5.67. The first-order valence-corrected chi connectivity index (χ1v) is 5.96. The van der Waals surface area contributed by atoms with E-state index in [1.807, 2.05) is 30.3 Å². The van der Waals surface area contributed by atoms with E-state index in [9.17, 15) is 9.90 Å². The number of hydrogen-bond donors (Lipinski definition) is 3. The molecular weight excluding hydrogens is 234 g/mol. The topological polar surface area (TPSA) is 78.8 Å². The molecule has 5 heteroatoms. The number of amides is 1. The highest BCUT2D eigenvalue weighted by atomic mass is 16.5. The smallest absolute Gasteiger partial charge is 0.407 e. The quantitative estimate of drug-likeness (QED) is 0.678. The van der Waals surface area contributed by atoms with Gasteiger partial charge >= 0.3 is 6.09 Å². The van der Waals surface area contributed by atoms with Crippen LogP contribution >= 0.6 is 0 Å². The summed E-state index contributed by atoms with van der Waals surface area (Å²) < 4.78 is 4.99. The van der Waals surface area contributed by atoms with Crippen LogP contribution in [-0.2, 0) is 11.3 Å². The van der Waals surface area contributed by atoms with Crippen molar-refractivity contribution in [2.75, 3.05) is 13.2 Å². The minimum absolute atomic E-state index is 0.0559. The number of nitrogens with one attached hydrogen (secondary N) is 1. The Hall–Kier alpha value is -1.59. The van der Waals surface area contributed by atoms with E-state index in [0.29, 0.717) is 19.4 Å². The molecule has 1 aromatic carbocycles. The SMILES string of the molecule is O=C(NCC[C@@H](O)CCO)OCc1ccccc1. The van der Waals surface area contributed by atoms with Gasteiger partial charge in [-0.25, -0.2) is 4.79 Å². The van der Waals surface area contributed by atoms with Crippen molar-refractivity contribution in [2.45, 2.75) is 25.6 Å². The fourth-order valence-corrected chi connectivity index (χ4v) is 1.41. The van der Waals surface area contributed by atoms with Gasteiger partial charge in [0.15, 0.2) is 0 Å². The average Bonchev–Trinajstić information content (AvgIpc) is 2.38. The third-order valence-corrected chi connectivity index (χ3v) is 2.42. The second kappa shape index (κ2) is 8.49. The lowest BCUT2D eigenvalue weighted by molar-refractivity contribution is 0.118. The van der Waals surface area contributed by atoms with Gasteiger partial charge in [0.2, 0.25) is 0 Å². The van der Waals surface area contributed by atoms with E-state index in [-0.39, 0.29) is 13.2 Å². The first-order chi connectivity index (χ1) is 8.72. The molecule has 0 aliphatic rings. The summed E-state index contributed by atoms with van der Waals surface area (Å²) in [6, 6.07) is 9.40. The minimum atomic E-state index is -0.593. The van der Waals surface area contributed by atoms with Crippen LogP contribution in [0.25, 0.3) is 0 Å². The van der Waals surface area contributed by atoms with Crippen LogP contribution in [0.2, 0.25) is 0 Å². The number of aliphatic hydroxyl groups excluding tert-OH is 2. The Morgan fingerprint density at radius 1 is 1.28 bits per heavy atom. The lowest BCUT2D eigenvalue weighted by Crippen LogP contribution is -2.28. The highest BCUT2D eigenvalue weighted by Crippen LogP contribution is 2.00. The molecule has 3 N–H and O–H groups in total. The minimum Gasteiger partial charge on any atom is -0.445 e. The number of carbonyl (C=O) groups excluding carboxylic acids is 1. The summed E-state index contributed by atoms with van der Waals surface area (Å²) in [4.78, 5) is 11.3. The van der Waals surface area contributed by atoms with E-state index in [4.69, 9.17) is 9.84 Å². The fraction of sp³-hybridized carbons (Fsp3) is 0.462. The molecule has 0 spiro atoms. The van der Waals surface area contributed by atoms with E-state index in [1.165, 1.54) is 0 Å². The van der Waals surface area contributed by atoms with Crippen LogP contribution in [0.1, 0.15) is 18.4 Å². The monoisotopic (exact) mass is 253 g/mol. The lowest BCUT2D eigenvalue weighted by atomic mass is 10.2. The molecule has 5 nitrogen and oxygen atoms in total. The Balaban J connectivity index is 2.11. The van der Waals surface area contributed by atoms with Crippen molar-refractivity contribution < 1.29 is 19.7 Å². The first-order valence-electron chi connectivity index (χ1n) is 5.96. The van der Waals surface area contributed by atoms with Gasteiger partial charge in [0.05, 0.1) is 6.10 Å². The molecule has 1 aromatic rings. The first kappa shape index (κ1) is 14.5. The number of rotatable bonds is 7. The molecular formula is C13H19NO4. The van der Waals surface area contributed by atoms with Crippen molar-refractivity contribution in [1.29, 1.82) is 0 Å². The number of alkyl carbamates (subject to hydrolysis) is 1. The van der Waals surface area contributed by atoms with Gasteiger partial charge in [-0.1, -0.05) is 30.3 Å². The van der Waals surface area contributed by atoms with E-state index >= 15 is 0 Å². The maximum absolute atomic E-state index is 11.3. The van der Waals surface area contributed by atoms with Crippen LogP contribution < -0.4 is 5.32 Å². The van der Waals surface area contributed by atoms with E-state index in [1.54, 1.807) is 0 Å². The number of aliphatic hydroxyl groups is 2. The number of ether oxygens (including phenoxy) is 1. The molecule has 0 fully saturated rings. The summed E-state index contributed by atoms with van der Waals surface area (Å²) >= 11 is 0. The predicted molar refractivity (Wildman–Crippen MR) is 67.0 cm³/mol. The number of carbonyl (C=O) groups is 1. The maximum atomic E-state index is 11.3. The Labute approximate surface area is 106 Å². The molecule has 0 bridgehead atoms. The summed E-state index contributed by atoms with van der Waals surface area (Å²) in [5.41, 5.74) is 0.924. The van der Waals surface area contributed by atoms with Crippen LogP contribution in [0.4, 0.5) is 4.79 Å². The summed E-state index contributed by atoms with van der Waals surface area (Å²) in [6.07, 6.45) is -0.374. The van der Waals surface area contributed by atoms with Crippen LogP contribution in [0, 0.1) is 0 Å². The van der Waals surface area contributed by atoms with Gasteiger partial charge in [-0.2, -0.15) is 0 Å². The molecule has 1 atom stereocenters. The van der Waals surface area contributed by atoms with Gasteiger partial charge in [0, 0.05) is 13.2 Å². The zero-order valence-electron chi connectivity index (χ0n) is 10.2. The molecule has 0 heterocycles. The predicted octanol–water partition coefficient (Wildman–Crippen LogP) is 1.05. The number of benzene rings is 1. The summed E-state index contributed by atoms with van der Waals surface area (Å²) in [6.45, 7) is 0.500.